The van der Waals surface area contributed by atoms with Crippen LogP contribution >= 0.6 is 0 Å². The number of fused-ring (bicyclic) bond motifs is 1. The topological polar surface area (TPSA) is 60.0 Å². The molecule has 2 aliphatic rings. The molecular formula is C21H23FN2O4. The van der Waals surface area contributed by atoms with Gasteiger partial charge in [0.05, 0.1) is 13.2 Å². The van der Waals surface area contributed by atoms with E-state index in [1.807, 2.05) is 18.2 Å². The van der Waals surface area contributed by atoms with E-state index in [4.69, 9.17) is 14.2 Å². The third-order valence-corrected chi connectivity index (χ3v) is 4.95. The third kappa shape index (κ3) is 4.20. The van der Waals surface area contributed by atoms with Crippen molar-refractivity contribution in [2.45, 2.75) is 20.0 Å². The molecule has 2 aliphatic heterocycles. The molecule has 1 N–H and O–H groups in total. The molecule has 2 aromatic carbocycles. The quantitative estimate of drug-likeness (QED) is 0.828. The monoisotopic (exact) mass is 386 g/mol. The molecule has 0 bridgehead atoms. The first kappa shape index (κ1) is 18.6. The Morgan fingerprint density at radius 3 is 2.46 bits per heavy atom. The Bertz CT molecular complexity index is 852. The van der Waals surface area contributed by atoms with Gasteiger partial charge in [-0.2, -0.15) is 0 Å². The minimum Gasteiger partial charge on any atom is -0.454 e. The summed E-state index contributed by atoms with van der Waals surface area (Å²) < 4.78 is 29.2. The molecule has 1 fully saturated rings. The smallest absolute Gasteiger partial charge is 0.318 e. The lowest BCUT2D eigenvalue weighted by atomic mass is 9.89. The molecule has 2 amide bonds. The molecule has 0 radical (unpaired) electrons. The first-order chi connectivity index (χ1) is 13.5. The number of ether oxygens (including phenoxy) is 3. The standard InChI is InChI=1S/C21H23FN2O4/c1-21(12-26-13-21)11-23-20(25)24(9-15-2-5-17(22)6-3-15)10-16-4-7-18-19(8-16)28-14-27-18/h2-8H,9-14H2,1H3,(H,23,25). The van der Waals surface area contributed by atoms with Crippen molar-refractivity contribution in [3.05, 3.63) is 59.4 Å². The van der Waals surface area contributed by atoms with E-state index in [1.54, 1.807) is 17.0 Å². The van der Waals surface area contributed by atoms with Crippen LogP contribution in [-0.2, 0) is 17.8 Å². The van der Waals surface area contributed by atoms with Crippen molar-refractivity contribution in [2.75, 3.05) is 26.6 Å². The molecular weight excluding hydrogens is 363 g/mol. The average Bonchev–Trinajstić information content (AvgIpc) is 3.13. The highest BCUT2D eigenvalue weighted by atomic mass is 19.1. The number of halogens is 1. The van der Waals surface area contributed by atoms with Crippen LogP contribution in [0.1, 0.15) is 18.1 Å². The number of nitrogens with one attached hydrogen (secondary N) is 1. The van der Waals surface area contributed by atoms with Gasteiger partial charge in [0.15, 0.2) is 11.5 Å². The van der Waals surface area contributed by atoms with Gasteiger partial charge in [0, 0.05) is 25.0 Å². The second kappa shape index (κ2) is 7.67. The first-order valence-corrected chi connectivity index (χ1v) is 9.24. The lowest BCUT2D eigenvalue weighted by Gasteiger charge is -2.38. The number of benzene rings is 2. The molecule has 0 saturated carbocycles. The molecule has 6 nitrogen and oxygen atoms in total. The van der Waals surface area contributed by atoms with E-state index in [2.05, 4.69) is 12.2 Å². The van der Waals surface area contributed by atoms with Gasteiger partial charge >= 0.3 is 6.03 Å². The summed E-state index contributed by atoms with van der Waals surface area (Å²) in [5.41, 5.74) is 1.77. The van der Waals surface area contributed by atoms with Crippen LogP contribution in [0.2, 0.25) is 0 Å². The van der Waals surface area contributed by atoms with Crippen LogP contribution in [0, 0.1) is 11.2 Å². The predicted molar refractivity (Wildman–Crippen MR) is 101 cm³/mol. The highest BCUT2D eigenvalue weighted by Crippen LogP contribution is 2.33. The maximum absolute atomic E-state index is 13.2. The number of hydrogen-bond acceptors (Lipinski definition) is 4. The third-order valence-electron chi connectivity index (χ3n) is 4.95. The fourth-order valence-electron chi connectivity index (χ4n) is 3.22. The van der Waals surface area contributed by atoms with Crippen LogP contribution < -0.4 is 14.8 Å². The van der Waals surface area contributed by atoms with Crippen LogP contribution in [0.5, 0.6) is 11.5 Å². The van der Waals surface area contributed by atoms with Gasteiger partial charge in [0.25, 0.3) is 0 Å². The summed E-state index contributed by atoms with van der Waals surface area (Å²) in [6, 6.07) is 11.7. The van der Waals surface area contributed by atoms with Crippen LogP contribution in [0.4, 0.5) is 9.18 Å². The average molecular weight is 386 g/mol. The lowest BCUT2D eigenvalue weighted by molar-refractivity contribution is -0.0979. The number of amides is 2. The SMILES string of the molecule is CC1(CNC(=O)N(Cc2ccc(F)cc2)Cc2ccc3c(c2)OCO3)COC1. The van der Waals surface area contributed by atoms with Crippen molar-refractivity contribution in [2.24, 2.45) is 5.41 Å². The molecule has 2 heterocycles. The summed E-state index contributed by atoms with van der Waals surface area (Å²) >= 11 is 0. The Labute approximate surface area is 163 Å². The number of carbonyl (C=O) groups is 1. The fourth-order valence-corrected chi connectivity index (χ4v) is 3.22. The van der Waals surface area contributed by atoms with Crippen molar-refractivity contribution in [3.63, 3.8) is 0 Å². The van der Waals surface area contributed by atoms with E-state index in [0.717, 1.165) is 11.1 Å². The van der Waals surface area contributed by atoms with Crippen molar-refractivity contribution < 1.29 is 23.4 Å². The van der Waals surface area contributed by atoms with E-state index in [9.17, 15) is 9.18 Å². The zero-order valence-electron chi connectivity index (χ0n) is 15.7. The molecule has 1 saturated heterocycles. The molecule has 0 spiro atoms. The second-order valence-corrected chi connectivity index (χ2v) is 7.63. The largest absolute Gasteiger partial charge is 0.454 e. The summed E-state index contributed by atoms with van der Waals surface area (Å²) in [4.78, 5) is 14.6. The summed E-state index contributed by atoms with van der Waals surface area (Å²) in [5, 5.41) is 3.01. The summed E-state index contributed by atoms with van der Waals surface area (Å²) in [6.45, 7) is 4.90. The highest BCUT2D eigenvalue weighted by Gasteiger charge is 2.34. The minimum absolute atomic E-state index is 0.0179. The molecule has 148 valence electrons. The van der Waals surface area contributed by atoms with Gasteiger partial charge in [-0.05, 0) is 35.4 Å². The van der Waals surface area contributed by atoms with Crippen LogP contribution in [0.15, 0.2) is 42.5 Å². The van der Waals surface area contributed by atoms with Gasteiger partial charge in [-0.1, -0.05) is 25.1 Å². The molecule has 0 aliphatic carbocycles. The number of nitrogens with zero attached hydrogens (tertiary/aromatic N) is 1. The van der Waals surface area contributed by atoms with E-state index in [-0.39, 0.29) is 24.1 Å². The van der Waals surface area contributed by atoms with E-state index >= 15 is 0 Å². The Kier molecular flexibility index (Phi) is 5.09. The lowest BCUT2D eigenvalue weighted by Crippen LogP contribution is -2.51. The van der Waals surface area contributed by atoms with Gasteiger partial charge in [-0.3, -0.25) is 0 Å². The maximum Gasteiger partial charge on any atom is 0.318 e. The van der Waals surface area contributed by atoms with Gasteiger partial charge in [0.2, 0.25) is 6.79 Å². The summed E-state index contributed by atoms with van der Waals surface area (Å²) in [5.74, 6) is 1.09. The summed E-state index contributed by atoms with van der Waals surface area (Å²) in [7, 11) is 0. The summed E-state index contributed by atoms with van der Waals surface area (Å²) in [6.07, 6.45) is 0. The Morgan fingerprint density at radius 1 is 1.07 bits per heavy atom. The number of carbonyl (C=O) groups excluding carboxylic acids is 1. The van der Waals surface area contributed by atoms with Crippen LogP contribution in [0.25, 0.3) is 0 Å². The van der Waals surface area contributed by atoms with Crippen molar-refractivity contribution in [3.8, 4) is 11.5 Å². The Hall–Kier alpha value is -2.80. The molecule has 0 atom stereocenters. The molecule has 28 heavy (non-hydrogen) atoms. The Balaban J connectivity index is 1.48. The molecule has 4 rings (SSSR count). The zero-order chi connectivity index (χ0) is 19.6. The van der Waals surface area contributed by atoms with Crippen LogP contribution in [-0.4, -0.2) is 37.5 Å². The van der Waals surface area contributed by atoms with Crippen molar-refractivity contribution >= 4 is 6.03 Å². The number of rotatable bonds is 6. The molecule has 2 aromatic rings. The molecule has 0 aromatic heterocycles. The van der Waals surface area contributed by atoms with E-state index in [1.165, 1.54) is 12.1 Å². The number of urea groups is 1. The van der Waals surface area contributed by atoms with Crippen molar-refractivity contribution in [1.82, 2.24) is 10.2 Å². The van der Waals surface area contributed by atoms with Crippen molar-refractivity contribution in [1.29, 1.82) is 0 Å². The van der Waals surface area contributed by atoms with Gasteiger partial charge in [-0.15, -0.1) is 0 Å². The molecule has 7 heteroatoms. The first-order valence-electron chi connectivity index (χ1n) is 9.24. The van der Waals surface area contributed by atoms with Gasteiger partial charge in [-0.25, -0.2) is 9.18 Å². The normalized spacial score (nSPS) is 16.4. The fraction of sp³-hybridized carbons (Fsp3) is 0.381. The Morgan fingerprint density at radius 2 is 1.75 bits per heavy atom. The second-order valence-electron chi connectivity index (χ2n) is 7.63. The zero-order valence-corrected chi connectivity index (χ0v) is 15.7. The van der Waals surface area contributed by atoms with Gasteiger partial charge < -0.3 is 24.4 Å². The van der Waals surface area contributed by atoms with E-state index < -0.39 is 0 Å². The number of hydrogen-bond donors (Lipinski definition) is 1. The van der Waals surface area contributed by atoms with Gasteiger partial charge in [0.1, 0.15) is 5.82 Å². The van der Waals surface area contributed by atoms with Crippen LogP contribution in [0.3, 0.4) is 0 Å². The molecule has 0 unspecified atom stereocenters. The van der Waals surface area contributed by atoms with E-state index in [0.29, 0.717) is 44.3 Å². The minimum atomic E-state index is -0.298. The maximum atomic E-state index is 13.2. The highest BCUT2D eigenvalue weighted by molar-refractivity contribution is 5.74. The predicted octanol–water partition coefficient (Wildman–Crippen LogP) is 3.30.